The third-order valence-electron chi connectivity index (χ3n) is 4.11. The second-order valence-electron chi connectivity index (χ2n) is 6.02. The van der Waals surface area contributed by atoms with Gasteiger partial charge in [0.1, 0.15) is 6.61 Å². The van der Waals surface area contributed by atoms with E-state index in [0.717, 1.165) is 4.57 Å². The van der Waals surface area contributed by atoms with Gasteiger partial charge in [-0.3, -0.25) is 13.9 Å². The monoisotopic (exact) mass is 428 g/mol. The fraction of sp³-hybridized carbons (Fsp3) is 0.294. The molecule has 154 valence electrons. The second-order valence-corrected chi connectivity index (χ2v) is 7.16. The van der Waals surface area contributed by atoms with E-state index in [1.165, 1.54) is 53.8 Å². The van der Waals surface area contributed by atoms with E-state index < -0.39 is 22.7 Å². The van der Waals surface area contributed by atoms with Crippen LogP contribution in [-0.4, -0.2) is 36.8 Å². The van der Waals surface area contributed by atoms with E-state index >= 15 is 0 Å². The maximum atomic E-state index is 12.3. The summed E-state index contributed by atoms with van der Waals surface area (Å²) in [6.07, 6.45) is 1.36. The summed E-state index contributed by atoms with van der Waals surface area (Å²) < 4.78 is 45.8. The lowest BCUT2D eigenvalue weighted by Gasteiger charge is -2.09. The first-order chi connectivity index (χ1) is 13.6. The lowest BCUT2D eigenvalue weighted by Crippen LogP contribution is -2.37. The van der Waals surface area contributed by atoms with E-state index in [-0.39, 0.29) is 46.5 Å². The molecule has 0 aliphatic heterocycles. The molecule has 1 aromatic carbocycles. The van der Waals surface area contributed by atoms with Crippen LogP contribution in [-0.2, 0) is 25.4 Å². The van der Waals surface area contributed by atoms with Crippen molar-refractivity contribution in [3.05, 3.63) is 57.0 Å². The van der Waals surface area contributed by atoms with E-state index in [0.29, 0.717) is 0 Å². The van der Waals surface area contributed by atoms with Crippen LogP contribution >= 0.6 is 11.8 Å². The molecular weight excluding hydrogens is 413 g/mol. The van der Waals surface area contributed by atoms with Crippen LogP contribution in [0, 0.1) is 0 Å². The van der Waals surface area contributed by atoms with Gasteiger partial charge < -0.3 is 9.30 Å². The Hall–Kier alpha value is -3.02. The summed E-state index contributed by atoms with van der Waals surface area (Å²) in [7, 11) is 2.84. The molecule has 0 atom stereocenters. The molecule has 0 unspecified atom stereocenters. The number of carbonyl (C=O) groups excluding carboxylic acids is 1. The molecular formula is C17H15F3N4O4S. The molecule has 0 fully saturated rings. The van der Waals surface area contributed by atoms with Crippen molar-refractivity contribution in [3.8, 4) is 0 Å². The van der Waals surface area contributed by atoms with Crippen LogP contribution in [0.1, 0.15) is 10.4 Å². The topological polar surface area (TPSA) is 88.1 Å². The molecule has 0 amide bonds. The maximum absolute atomic E-state index is 12.3. The minimum Gasteiger partial charge on any atom is -0.460 e. The smallest absolute Gasteiger partial charge is 0.446 e. The van der Waals surface area contributed by atoms with Crippen molar-refractivity contribution in [1.82, 2.24) is 18.7 Å². The first-order valence-electron chi connectivity index (χ1n) is 8.22. The number of carbonyl (C=O) groups is 1. The highest BCUT2D eigenvalue weighted by atomic mass is 32.2. The number of hydrogen-bond acceptors (Lipinski definition) is 6. The van der Waals surface area contributed by atoms with Gasteiger partial charge in [0.2, 0.25) is 0 Å². The molecule has 0 bridgehead atoms. The van der Waals surface area contributed by atoms with Gasteiger partial charge in [-0.1, -0.05) is 0 Å². The zero-order valence-corrected chi connectivity index (χ0v) is 16.1. The SMILES string of the molecule is Cn1c(=O)c2c(ncn2CCOC(=O)c2ccc(SC(F)(F)F)cc2)n(C)c1=O. The van der Waals surface area contributed by atoms with Gasteiger partial charge in [0.25, 0.3) is 5.56 Å². The number of ether oxygens (including phenoxy) is 1. The number of esters is 1. The van der Waals surface area contributed by atoms with Crippen LogP contribution in [0.5, 0.6) is 0 Å². The van der Waals surface area contributed by atoms with Gasteiger partial charge in [0, 0.05) is 19.0 Å². The molecule has 2 heterocycles. The number of aromatic nitrogens is 4. The molecule has 0 saturated heterocycles. The number of aryl methyl sites for hydroxylation is 1. The molecule has 0 radical (unpaired) electrons. The summed E-state index contributed by atoms with van der Waals surface area (Å²) in [5.41, 5.74) is -4.93. The number of fused-ring (bicyclic) bond motifs is 1. The van der Waals surface area contributed by atoms with Gasteiger partial charge in [-0.25, -0.2) is 14.6 Å². The summed E-state index contributed by atoms with van der Waals surface area (Å²) in [6.45, 7) is 0.00698. The highest BCUT2D eigenvalue weighted by molar-refractivity contribution is 8.00. The van der Waals surface area contributed by atoms with E-state index in [4.69, 9.17) is 4.74 Å². The molecule has 0 spiro atoms. The number of nitrogens with zero attached hydrogens (tertiary/aromatic N) is 4. The standard InChI is InChI=1S/C17H15F3N4O4S/c1-22-13-12(14(25)23(2)16(22)27)24(9-21-13)7-8-28-15(26)10-3-5-11(6-4-10)29-17(18,19)20/h3-6,9H,7-8H2,1-2H3. The van der Waals surface area contributed by atoms with Crippen LogP contribution in [0.3, 0.4) is 0 Å². The largest absolute Gasteiger partial charge is 0.460 e. The van der Waals surface area contributed by atoms with Gasteiger partial charge in [-0.05, 0) is 36.0 Å². The van der Waals surface area contributed by atoms with E-state index in [9.17, 15) is 27.6 Å². The quantitative estimate of drug-likeness (QED) is 0.456. The maximum Gasteiger partial charge on any atom is 0.446 e. The number of rotatable bonds is 5. The van der Waals surface area contributed by atoms with E-state index in [1.807, 2.05) is 0 Å². The summed E-state index contributed by atoms with van der Waals surface area (Å²) in [5, 5.41) is 0. The van der Waals surface area contributed by atoms with E-state index in [1.54, 1.807) is 0 Å². The molecule has 3 rings (SSSR count). The summed E-state index contributed by atoms with van der Waals surface area (Å²) in [6, 6.07) is 4.85. The normalized spacial score (nSPS) is 11.8. The Morgan fingerprint density at radius 1 is 1.14 bits per heavy atom. The molecule has 2 aromatic heterocycles. The van der Waals surface area contributed by atoms with Crippen LogP contribution in [0.4, 0.5) is 13.2 Å². The van der Waals surface area contributed by atoms with Crippen molar-refractivity contribution >= 4 is 28.9 Å². The lowest BCUT2D eigenvalue weighted by molar-refractivity contribution is -0.0328. The highest BCUT2D eigenvalue weighted by Crippen LogP contribution is 2.36. The minimum atomic E-state index is -4.41. The Morgan fingerprint density at radius 3 is 2.41 bits per heavy atom. The van der Waals surface area contributed by atoms with E-state index in [2.05, 4.69) is 4.98 Å². The fourth-order valence-corrected chi connectivity index (χ4v) is 3.22. The fourth-order valence-electron chi connectivity index (χ4n) is 2.68. The average molecular weight is 428 g/mol. The Morgan fingerprint density at radius 2 is 1.79 bits per heavy atom. The first kappa shape index (κ1) is 20.7. The number of halogens is 3. The molecule has 0 aliphatic rings. The first-order valence-corrected chi connectivity index (χ1v) is 9.04. The zero-order chi connectivity index (χ0) is 21.3. The van der Waals surface area contributed by atoms with Crippen molar-refractivity contribution < 1.29 is 22.7 Å². The van der Waals surface area contributed by atoms with Crippen LogP contribution < -0.4 is 11.2 Å². The molecule has 0 N–H and O–H groups in total. The molecule has 12 heteroatoms. The predicted octanol–water partition coefficient (Wildman–Crippen LogP) is 1.90. The summed E-state index contributed by atoms with van der Waals surface area (Å²) in [5.74, 6) is -0.710. The van der Waals surface area contributed by atoms with Gasteiger partial charge >= 0.3 is 17.2 Å². The van der Waals surface area contributed by atoms with Crippen molar-refractivity contribution in [2.45, 2.75) is 16.9 Å². The Bertz CT molecular complexity index is 1180. The van der Waals surface area contributed by atoms with Crippen LogP contribution in [0.25, 0.3) is 11.2 Å². The van der Waals surface area contributed by atoms with Gasteiger partial charge in [-0.15, -0.1) is 0 Å². The summed E-state index contributed by atoms with van der Waals surface area (Å²) in [4.78, 5) is 40.3. The highest BCUT2D eigenvalue weighted by Gasteiger charge is 2.29. The zero-order valence-electron chi connectivity index (χ0n) is 15.3. The third kappa shape index (κ3) is 4.36. The Labute approximate surface area is 165 Å². The van der Waals surface area contributed by atoms with Crippen molar-refractivity contribution in [3.63, 3.8) is 0 Å². The van der Waals surface area contributed by atoms with Crippen molar-refractivity contribution in [1.29, 1.82) is 0 Å². The summed E-state index contributed by atoms with van der Waals surface area (Å²) >= 11 is -0.275. The number of benzene rings is 1. The number of imidazole rings is 1. The lowest BCUT2D eigenvalue weighted by atomic mass is 10.2. The second kappa shape index (κ2) is 7.78. The number of thioether (sulfide) groups is 1. The molecule has 3 aromatic rings. The average Bonchev–Trinajstić information content (AvgIpc) is 3.08. The minimum absolute atomic E-state index is 0.0413. The third-order valence-corrected chi connectivity index (χ3v) is 4.85. The molecule has 29 heavy (non-hydrogen) atoms. The van der Waals surface area contributed by atoms with Crippen molar-refractivity contribution in [2.24, 2.45) is 14.1 Å². The van der Waals surface area contributed by atoms with Gasteiger partial charge in [-0.2, -0.15) is 13.2 Å². The number of hydrogen-bond donors (Lipinski definition) is 0. The van der Waals surface area contributed by atoms with Gasteiger partial charge in [0.15, 0.2) is 11.2 Å². The Balaban J connectivity index is 1.68. The predicted molar refractivity (Wildman–Crippen MR) is 98.9 cm³/mol. The van der Waals surface area contributed by atoms with Crippen molar-refractivity contribution in [2.75, 3.05) is 6.61 Å². The van der Waals surface area contributed by atoms with Gasteiger partial charge in [0.05, 0.1) is 18.4 Å². The molecule has 0 saturated carbocycles. The van der Waals surface area contributed by atoms with Crippen LogP contribution in [0.15, 0.2) is 45.1 Å². The molecule has 0 aliphatic carbocycles. The number of alkyl halides is 3. The van der Waals surface area contributed by atoms with Crippen LogP contribution in [0.2, 0.25) is 0 Å². The molecule has 8 nitrogen and oxygen atoms in total. The Kier molecular flexibility index (Phi) is 5.55.